The first-order valence-corrected chi connectivity index (χ1v) is 21.7. The van der Waals surface area contributed by atoms with Crippen LogP contribution in [-0.2, 0) is 10.8 Å². The molecule has 1 aliphatic heterocycles. The largest absolute Gasteiger partial charge is 0.322 e. The van der Waals surface area contributed by atoms with Crippen LogP contribution in [-0.4, -0.2) is 9.13 Å². The van der Waals surface area contributed by atoms with Gasteiger partial charge >= 0.3 is 0 Å². The molecule has 3 nitrogen and oxygen atoms in total. The van der Waals surface area contributed by atoms with Crippen molar-refractivity contribution >= 4 is 39.0 Å². The number of rotatable bonds is 6. The van der Waals surface area contributed by atoms with E-state index in [1.54, 1.807) is 0 Å². The van der Waals surface area contributed by atoms with Crippen LogP contribution in [0.5, 0.6) is 0 Å². The van der Waals surface area contributed by atoms with Crippen molar-refractivity contribution in [3.63, 3.8) is 0 Å². The molecular formula is C58H47N3. The standard InChI is InChI=1S/C58H47N3/c1-57(2)51-35-44(59(42-27-23-40(24-28-42)38-15-7-5-8-16-38)43-29-25-41(26-30-43)39-17-9-6-10-18-39)31-33-46(51)47-34-32-45(36-52(47)57)60-53-21-13-11-19-48(53)49-37-55-58(3,4)50-20-12-14-22-54(50)61(55)56(49)60/h5-21,23-37,54H,22H2,1-4H3. The Morgan fingerprint density at radius 3 is 1.72 bits per heavy atom. The van der Waals surface area contributed by atoms with Crippen LogP contribution < -0.4 is 4.90 Å². The summed E-state index contributed by atoms with van der Waals surface area (Å²) in [5, 5.41) is 2.65. The Labute approximate surface area is 358 Å². The molecule has 0 radical (unpaired) electrons. The minimum atomic E-state index is -0.230. The number of allylic oxidation sites excluding steroid dienone is 4. The van der Waals surface area contributed by atoms with E-state index in [4.69, 9.17) is 0 Å². The molecule has 12 rings (SSSR count). The van der Waals surface area contributed by atoms with Crippen molar-refractivity contribution in [1.29, 1.82) is 0 Å². The van der Waals surface area contributed by atoms with Crippen molar-refractivity contribution < 1.29 is 0 Å². The Kier molecular flexibility index (Phi) is 7.75. The summed E-state index contributed by atoms with van der Waals surface area (Å²) < 4.78 is 5.22. The van der Waals surface area contributed by atoms with E-state index in [0.29, 0.717) is 6.04 Å². The van der Waals surface area contributed by atoms with Crippen LogP contribution in [0.3, 0.4) is 0 Å². The second-order valence-corrected chi connectivity index (χ2v) is 18.2. The summed E-state index contributed by atoms with van der Waals surface area (Å²) in [5.74, 6) is 0. The molecule has 0 fully saturated rings. The minimum absolute atomic E-state index is 0.0264. The number of hydrogen-bond donors (Lipinski definition) is 0. The highest BCUT2D eigenvalue weighted by molar-refractivity contribution is 6.09. The van der Waals surface area contributed by atoms with Gasteiger partial charge in [-0.3, -0.25) is 4.57 Å². The van der Waals surface area contributed by atoms with Gasteiger partial charge < -0.3 is 9.47 Å². The number of anilines is 3. The van der Waals surface area contributed by atoms with E-state index in [2.05, 4.69) is 236 Å². The van der Waals surface area contributed by atoms with Gasteiger partial charge in [-0.2, -0.15) is 0 Å². The fourth-order valence-corrected chi connectivity index (χ4v) is 11.0. The van der Waals surface area contributed by atoms with Gasteiger partial charge in [-0.1, -0.05) is 161 Å². The first-order chi connectivity index (χ1) is 29.8. The fraction of sp³-hybridized carbons (Fsp3) is 0.138. The van der Waals surface area contributed by atoms with E-state index < -0.39 is 0 Å². The second kappa shape index (κ2) is 13.2. The van der Waals surface area contributed by atoms with Crippen molar-refractivity contribution in [3.05, 3.63) is 217 Å². The zero-order valence-electron chi connectivity index (χ0n) is 35.1. The van der Waals surface area contributed by atoms with Crippen LogP contribution in [0.4, 0.5) is 17.1 Å². The van der Waals surface area contributed by atoms with Gasteiger partial charge in [0.15, 0.2) is 0 Å². The molecule has 2 aromatic heterocycles. The average molecular weight is 786 g/mol. The van der Waals surface area contributed by atoms with E-state index in [1.165, 1.54) is 83.4 Å². The molecule has 0 N–H and O–H groups in total. The summed E-state index contributed by atoms with van der Waals surface area (Å²) >= 11 is 0. The van der Waals surface area contributed by atoms with Crippen LogP contribution in [0.1, 0.15) is 57.0 Å². The lowest BCUT2D eigenvalue weighted by molar-refractivity contribution is 0.589. The molecule has 61 heavy (non-hydrogen) atoms. The first kappa shape index (κ1) is 35.8. The predicted molar refractivity (Wildman–Crippen MR) is 256 cm³/mol. The number of benzene rings is 7. The minimum Gasteiger partial charge on any atom is -0.322 e. The quantitative estimate of drug-likeness (QED) is 0.164. The van der Waals surface area contributed by atoms with E-state index in [-0.39, 0.29) is 10.8 Å². The highest BCUT2D eigenvalue weighted by atomic mass is 15.2. The summed E-state index contributed by atoms with van der Waals surface area (Å²) in [5.41, 5.74) is 20.0. The molecule has 0 saturated carbocycles. The predicted octanol–water partition coefficient (Wildman–Crippen LogP) is 15.4. The summed E-state index contributed by atoms with van der Waals surface area (Å²) in [7, 11) is 0. The summed E-state index contributed by atoms with van der Waals surface area (Å²) in [6, 6.07) is 65.4. The van der Waals surface area contributed by atoms with Crippen LogP contribution in [0, 0.1) is 0 Å². The molecule has 1 atom stereocenters. The summed E-state index contributed by atoms with van der Waals surface area (Å²) in [6.07, 6.45) is 7.97. The van der Waals surface area contributed by atoms with E-state index in [0.717, 1.165) is 23.5 Å². The number of fused-ring (bicyclic) bond motifs is 10. The average Bonchev–Trinajstić information content (AvgIpc) is 3.98. The Bertz CT molecular complexity index is 3160. The number of nitrogens with zero attached hydrogens (tertiary/aromatic N) is 3. The Morgan fingerprint density at radius 2 is 1.07 bits per heavy atom. The zero-order chi connectivity index (χ0) is 41.0. The molecular weight excluding hydrogens is 739 g/mol. The molecule has 294 valence electrons. The zero-order valence-corrected chi connectivity index (χ0v) is 35.1. The van der Waals surface area contributed by atoms with Gasteiger partial charge in [0.2, 0.25) is 0 Å². The Hall–Kier alpha value is -7.10. The lowest BCUT2D eigenvalue weighted by atomic mass is 9.79. The molecule has 1 unspecified atom stereocenters. The monoisotopic (exact) mass is 785 g/mol. The maximum atomic E-state index is 2.66. The van der Waals surface area contributed by atoms with Crippen LogP contribution in [0.2, 0.25) is 0 Å². The molecule has 9 aromatic rings. The molecule has 2 aliphatic carbocycles. The molecule has 0 amide bonds. The first-order valence-electron chi connectivity index (χ1n) is 21.7. The van der Waals surface area contributed by atoms with Gasteiger partial charge in [0.05, 0.1) is 11.6 Å². The lowest BCUT2D eigenvalue weighted by Gasteiger charge is -2.28. The van der Waals surface area contributed by atoms with Crippen molar-refractivity contribution in [1.82, 2.24) is 9.13 Å². The van der Waals surface area contributed by atoms with Gasteiger partial charge in [-0.15, -0.1) is 0 Å². The van der Waals surface area contributed by atoms with Crippen LogP contribution in [0.15, 0.2) is 200 Å². The molecule has 3 aliphatic rings. The topological polar surface area (TPSA) is 13.1 Å². The number of aromatic nitrogens is 2. The van der Waals surface area contributed by atoms with Gasteiger partial charge in [0, 0.05) is 50.0 Å². The lowest BCUT2D eigenvalue weighted by Crippen LogP contribution is -2.17. The molecule has 3 heterocycles. The van der Waals surface area contributed by atoms with E-state index >= 15 is 0 Å². The van der Waals surface area contributed by atoms with Crippen LogP contribution in [0.25, 0.3) is 61.0 Å². The summed E-state index contributed by atoms with van der Waals surface area (Å²) in [4.78, 5) is 2.41. The Balaban J connectivity index is 0.977. The number of hydrogen-bond acceptors (Lipinski definition) is 1. The van der Waals surface area contributed by atoms with Gasteiger partial charge in [-0.05, 0) is 117 Å². The van der Waals surface area contributed by atoms with Crippen molar-refractivity contribution in [2.75, 3.05) is 4.90 Å². The molecule has 0 saturated heterocycles. The van der Waals surface area contributed by atoms with E-state index in [1.807, 2.05) is 0 Å². The molecule has 0 spiro atoms. The van der Waals surface area contributed by atoms with Gasteiger partial charge in [-0.25, -0.2) is 0 Å². The maximum absolute atomic E-state index is 2.66. The number of para-hydroxylation sites is 1. The third-order valence-electron chi connectivity index (χ3n) is 14.1. The van der Waals surface area contributed by atoms with Crippen molar-refractivity contribution in [2.45, 2.75) is 51.0 Å². The van der Waals surface area contributed by atoms with Crippen LogP contribution >= 0.6 is 0 Å². The van der Waals surface area contributed by atoms with Gasteiger partial charge in [0.1, 0.15) is 5.65 Å². The van der Waals surface area contributed by atoms with E-state index in [9.17, 15) is 0 Å². The van der Waals surface area contributed by atoms with Gasteiger partial charge in [0.25, 0.3) is 0 Å². The Morgan fingerprint density at radius 1 is 0.508 bits per heavy atom. The molecule has 0 bridgehead atoms. The van der Waals surface area contributed by atoms with Crippen molar-refractivity contribution in [2.24, 2.45) is 0 Å². The maximum Gasteiger partial charge on any atom is 0.126 e. The SMILES string of the molecule is CC1(C)C2=CC=CCC2n2c1cc1c3ccccc3n(-c3ccc4c(c3)C(C)(C)c3cc(N(c5ccc(-c6ccccc6)cc5)c5ccc(-c6ccccc6)cc5)ccc3-4)c12. The molecule has 7 aromatic carbocycles. The third-order valence-corrected chi connectivity index (χ3v) is 14.1. The third kappa shape index (κ3) is 5.29. The summed E-state index contributed by atoms with van der Waals surface area (Å²) in [6.45, 7) is 9.62. The fourth-order valence-electron chi connectivity index (χ4n) is 11.0. The highest BCUT2D eigenvalue weighted by Gasteiger charge is 2.44. The highest BCUT2D eigenvalue weighted by Crippen LogP contribution is 2.54. The normalized spacial score (nSPS) is 16.6. The molecule has 3 heteroatoms. The smallest absolute Gasteiger partial charge is 0.126 e. The second-order valence-electron chi connectivity index (χ2n) is 18.2. The van der Waals surface area contributed by atoms with Crippen molar-refractivity contribution in [3.8, 4) is 39.1 Å².